The summed E-state index contributed by atoms with van der Waals surface area (Å²) in [6, 6.07) is 0.0999. The highest BCUT2D eigenvalue weighted by molar-refractivity contribution is 6.18. The fourth-order valence-electron chi connectivity index (χ4n) is 1.84. The molecule has 0 saturated carbocycles. The number of hydrogen-bond acceptors (Lipinski definition) is 3. The Kier molecular flexibility index (Phi) is 3.81. The van der Waals surface area contributed by atoms with Gasteiger partial charge in [-0.15, -0.1) is 11.6 Å². The fraction of sp³-hybridized carbons (Fsp3) is 0.417. The van der Waals surface area contributed by atoms with Gasteiger partial charge in [0, 0.05) is 30.9 Å². The molecule has 0 fully saturated rings. The third-order valence-electron chi connectivity index (χ3n) is 2.76. The molecule has 2 heterocycles. The number of hydrogen-bond donors (Lipinski definition) is 0. The number of nitrogens with zero attached hydrogens (tertiary/aromatic N) is 4. The van der Waals surface area contributed by atoms with Gasteiger partial charge < -0.3 is 4.90 Å². The topological polar surface area (TPSA) is 50.5 Å². The second kappa shape index (κ2) is 5.35. The standard InChI is InChI=1S/C12H15ClN4O/c1-9(2)16(5-3-13)12(18)10-7-15-17-6-4-14-8-11(10)17/h4,6-9H,3,5H2,1-2H3. The van der Waals surface area contributed by atoms with Crippen LogP contribution < -0.4 is 0 Å². The Labute approximate surface area is 110 Å². The van der Waals surface area contributed by atoms with Gasteiger partial charge in [0.15, 0.2) is 0 Å². The molecule has 96 valence electrons. The quantitative estimate of drug-likeness (QED) is 0.793. The molecular weight excluding hydrogens is 252 g/mol. The molecule has 2 aromatic heterocycles. The molecule has 0 aliphatic carbocycles. The predicted octanol–water partition coefficient (Wildman–Crippen LogP) is 1.82. The maximum Gasteiger partial charge on any atom is 0.258 e. The molecule has 18 heavy (non-hydrogen) atoms. The van der Waals surface area contributed by atoms with Crippen LogP contribution in [0.5, 0.6) is 0 Å². The van der Waals surface area contributed by atoms with Gasteiger partial charge >= 0.3 is 0 Å². The third-order valence-corrected chi connectivity index (χ3v) is 2.93. The first-order valence-electron chi connectivity index (χ1n) is 5.79. The summed E-state index contributed by atoms with van der Waals surface area (Å²) >= 11 is 5.74. The van der Waals surface area contributed by atoms with E-state index in [1.54, 1.807) is 34.2 Å². The van der Waals surface area contributed by atoms with Crippen LogP contribution in [-0.4, -0.2) is 43.9 Å². The van der Waals surface area contributed by atoms with Crippen LogP contribution in [-0.2, 0) is 0 Å². The Morgan fingerprint density at radius 2 is 2.28 bits per heavy atom. The lowest BCUT2D eigenvalue weighted by atomic mass is 10.2. The molecule has 1 amide bonds. The smallest absolute Gasteiger partial charge is 0.258 e. The Hall–Kier alpha value is -1.62. The number of amides is 1. The summed E-state index contributed by atoms with van der Waals surface area (Å²) in [4.78, 5) is 18.2. The van der Waals surface area contributed by atoms with Gasteiger partial charge in [-0.05, 0) is 13.8 Å². The number of aromatic nitrogens is 3. The molecule has 0 spiro atoms. The van der Waals surface area contributed by atoms with E-state index < -0.39 is 0 Å². The second-order valence-corrected chi connectivity index (χ2v) is 4.62. The van der Waals surface area contributed by atoms with Gasteiger partial charge in [-0.1, -0.05) is 0 Å². The molecule has 0 aliphatic heterocycles. The van der Waals surface area contributed by atoms with E-state index in [9.17, 15) is 4.79 Å². The number of halogens is 1. The van der Waals surface area contributed by atoms with Crippen molar-refractivity contribution >= 4 is 23.0 Å². The predicted molar refractivity (Wildman–Crippen MR) is 69.9 cm³/mol. The van der Waals surface area contributed by atoms with Crippen LogP contribution in [0.25, 0.3) is 5.52 Å². The number of fused-ring (bicyclic) bond motifs is 1. The molecule has 0 aliphatic rings. The van der Waals surface area contributed by atoms with Gasteiger partial charge in [0.05, 0.1) is 23.5 Å². The largest absolute Gasteiger partial charge is 0.335 e. The van der Waals surface area contributed by atoms with Crippen molar-refractivity contribution in [2.45, 2.75) is 19.9 Å². The van der Waals surface area contributed by atoms with Gasteiger partial charge in [-0.2, -0.15) is 5.10 Å². The lowest BCUT2D eigenvalue weighted by molar-refractivity contribution is 0.0720. The van der Waals surface area contributed by atoms with Crippen molar-refractivity contribution in [1.29, 1.82) is 0 Å². The van der Waals surface area contributed by atoms with E-state index in [1.165, 1.54) is 0 Å². The van der Waals surface area contributed by atoms with Crippen LogP contribution in [0.15, 0.2) is 24.8 Å². The maximum absolute atomic E-state index is 12.4. The van der Waals surface area contributed by atoms with Gasteiger partial charge in [0.1, 0.15) is 0 Å². The van der Waals surface area contributed by atoms with E-state index in [-0.39, 0.29) is 11.9 Å². The Morgan fingerprint density at radius 3 is 2.94 bits per heavy atom. The van der Waals surface area contributed by atoms with Crippen LogP contribution in [0.1, 0.15) is 24.2 Å². The molecule has 2 rings (SSSR count). The third kappa shape index (κ3) is 2.31. The molecule has 0 saturated heterocycles. The lowest BCUT2D eigenvalue weighted by Crippen LogP contribution is -2.38. The summed E-state index contributed by atoms with van der Waals surface area (Å²) in [5.41, 5.74) is 1.27. The van der Waals surface area contributed by atoms with E-state index in [2.05, 4.69) is 10.1 Å². The lowest BCUT2D eigenvalue weighted by Gasteiger charge is -2.25. The molecule has 6 heteroatoms. The highest BCUT2D eigenvalue weighted by Gasteiger charge is 2.21. The first-order valence-corrected chi connectivity index (χ1v) is 6.33. The van der Waals surface area contributed by atoms with Gasteiger partial charge in [-0.3, -0.25) is 9.78 Å². The minimum absolute atomic E-state index is 0.0614. The van der Waals surface area contributed by atoms with E-state index in [4.69, 9.17) is 11.6 Å². The minimum atomic E-state index is -0.0614. The van der Waals surface area contributed by atoms with Crippen LogP contribution in [0, 0.1) is 0 Å². The number of carbonyl (C=O) groups is 1. The van der Waals surface area contributed by atoms with Gasteiger partial charge in [-0.25, -0.2) is 4.52 Å². The van der Waals surface area contributed by atoms with Crippen LogP contribution in [0.3, 0.4) is 0 Å². The zero-order valence-corrected chi connectivity index (χ0v) is 11.1. The summed E-state index contributed by atoms with van der Waals surface area (Å²) in [6.07, 6.45) is 6.56. The number of rotatable bonds is 4. The maximum atomic E-state index is 12.4. The van der Waals surface area contributed by atoms with Crippen molar-refractivity contribution in [3.8, 4) is 0 Å². The summed E-state index contributed by atoms with van der Waals surface area (Å²) in [7, 11) is 0. The summed E-state index contributed by atoms with van der Waals surface area (Å²) < 4.78 is 1.64. The molecule has 0 atom stereocenters. The Balaban J connectivity index is 2.38. The van der Waals surface area contributed by atoms with E-state index >= 15 is 0 Å². The monoisotopic (exact) mass is 266 g/mol. The average Bonchev–Trinajstić information content (AvgIpc) is 2.78. The zero-order chi connectivity index (χ0) is 13.1. The molecule has 0 aromatic carbocycles. The molecule has 0 unspecified atom stereocenters. The molecule has 2 aromatic rings. The molecular formula is C12H15ClN4O. The first kappa shape index (κ1) is 12.8. The SMILES string of the molecule is CC(C)N(CCCl)C(=O)c1cnn2ccncc12. The fourth-order valence-corrected chi connectivity index (χ4v) is 2.02. The number of alkyl halides is 1. The van der Waals surface area contributed by atoms with E-state index in [1.807, 2.05) is 13.8 Å². The number of carbonyl (C=O) groups excluding carboxylic acids is 1. The summed E-state index contributed by atoms with van der Waals surface area (Å²) in [5, 5.41) is 4.14. The molecule has 5 nitrogen and oxygen atoms in total. The molecule has 0 radical (unpaired) electrons. The van der Waals surface area contributed by atoms with Crippen molar-refractivity contribution < 1.29 is 4.79 Å². The molecule has 0 N–H and O–H groups in total. The van der Waals surface area contributed by atoms with Crippen molar-refractivity contribution in [2.24, 2.45) is 0 Å². The van der Waals surface area contributed by atoms with Crippen molar-refractivity contribution in [3.05, 3.63) is 30.4 Å². The van der Waals surface area contributed by atoms with Crippen LogP contribution in [0.4, 0.5) is 0 Å². The average molecular weight is 267 g/mol. The summed E-state index contributed by atoms with van der Waals surface area (Å²) in [6.45, 7) is 4.46. The molecule has 0 bridgehead atoms. The first-order chi connectivity index (χ1) is 8.65. The highest BCUT2D eigenvalue weighted by Crippen LogP contribution is 2.13. The Bertz CT molecular complexity index is 552. The van der Waals surface area contributed by atoms with Crippen LogP contribution >= 0.6 is 11.6 Å². The zero-order valence-electron chi connectivity index (χ0n) is 10.4. The van der Waals surface area contributed by atoms with Gasteiger partial charge in [0.2, 0.25) is 0 Å². The van der Waals surface area contributed by atoms with Gasteiger partial charge in [0.25, 0.3) is 5.91 Å². The normalized spacial score (nSPS) is 11.1. The highest BCUT2D eigenvalue weighted by atomic mass is 35.5. The Morgan fingerprint density at radius 1 is 1.50 bits per heavy atom. The van der Waals surface area contributed by atoms with Crippen LogP contribution in [0.2, 0.25) is 0 Å². The minimum Gasteiger partial charge on any atom is -0.335 e. The van der Waals surface area contributed by atoms with Crippen molar-refractivity contribution in [2.75, 3.05) is 12.4 Å². The summed E-state index contributed by atoms with van der Waals surface area (Å²) in [5.74, 6) is 0.357. The second-order valence-electron chi connectivity index (χ2n) is 4.25. The van der Waals surface area contributed by atoms with Crippen molar-refractivity contribution in [3.63, 3.8) is 0 Å². The van der Waals surface area contributed by atoms with E-state index in [0.717, 1.165) is 0 Å². The van der Waals surface area contributed by atoms with Crippen molar-refractivity contribution in [1.82, 2.24) is 19.5 Å². The van der Waals surface area contributed by atoms with E-state index in [0.29, 0.717) is 23.5 Å².